The van der Waals surface area contributed by atoms with Gasteiger partial charge < -0.3 is 21.1 Å². The standard InChI is InChI=1S/C16H27N3O2/c1-5-19(10-11-20)13-8-6-12(7-9-13)18-15(21)14(17)16(2,3)4/h6-9,14,20H,5,10-11,17H2,1-4H3,(H,18,21)/t14-/m1/s1. The molecule has 0 saturated carbocycles. The van der Waals surface area contributed by atoms with Crippen LogP contribution in [0.1, 0.15) is 27.7 Å². The third kappa shape index (κ3) is 5.02. The summed E-state index contributed by atoms with van der Waals surface area (Å²) in [5.74, 6) is -0.182. The number of benzene rings is 1. The predicted octanol–water partition coefficient (Wildman–Crippen LogP) is 1.82. The minimum absolute atomic E-state index is 0.118. The molecule has 4 N–H and O–H groups in total. The Bertz CT molecular complexity index is 452. The molecule has 0 saturated heterocycles. The van der Waals surface area contributed by atoms with Gasteiger partial charge in [-0.25, -0.2) is 0 Å². The number of amides is 1. The van der Waals surface area contributed by atoms with Gasteiger partial charge in [-0.05, 0) is 36.6 Å². The highest BCUT2D eigenvalue weighted by Gasteiger charge is 2.27. The minimum Gasteiger partial charge on any atom is -0.395 e. The maximum atomic E-state index is 12.1. The van der Waals surface area contributed by atoms with Crippen molar-refractivity contribution < 1.29 is 9.90 Å². The van der Waals surface area contributed by atoms with Gasteiger partial charge in [-0.1, -0.05) is 20.8 Å². The van der Waals surface area contributed by atoms with E-state index >= 15 is 0 Å². The second-order valence-corrected chi connectivity index (χ2v) is 6.18. The highest BCUT2D eigenvalue weighted by Crippen LogP contribution is 2.21. The molecule has 1 aromatic carbocycles. The Morgan fingerprint density at radius 2 is 1.90 bits per heavy atom. The molecular formula is C16H27N3O2. The minimum atomic E-state index is -0.557. The van der Waals surface area contributed by atoms with E-state index in [0.717, 1.165) is 17.9 Å². The fraction of sp³-hybridized carbons (Fsp3) is 0.562. The number of nitrogens with two attached hydrogens (primary N) is 1. The van der Waals surface area contributed by atoms with Gasteiger partial charge in [0.2, 0.25) is 5.91 Å². The van der Waals surface area contributed by atoms with Crippen molar-refractivity contribution >= 4 is 17.3 Å². The van der Waals surface area contributed by atoms with Crippen molar-refractivity contribution in [1.29, 1.82) is 0 Å². The van der Waals surface area contributed by atoms with Crippen LogP contribution in [-0.2, 0) is 4.79 Å². The largest absolute Gasteiger partial charge is 0.395 e. The first-order chi connectivity index (χ1) is 9.79. The number of nitrogens with zero attached hydrogens (tertiary/aromatic N) is 1. The maximum absolute atomic E-state index is 12.1. The Morgan fingerprint density at radius 3 is 2.33 bits per heavy atom. The zero-order chi connectivity index (χ0) is 16.0. The summed E-state index contributed by atoms with van der Waals surface area (Å²) in [6, 6.07) is 7.00. The number of carbonyl (C=O) groups excluding carboxylic acids is 1. The molecular weight excluding hydrogens is 266 g/mol. The highest BCUT2D eigenvalue weighted by molar-refractivity contribution is 5.95. The van der Waals surface area contributed by atoms with Gasteiger partial charge >= 0.3 is 0 Å². The van der Waals surface area contributed by atoms with Gasteiger partial charge in [-0.2, -0.15) is 0 Å². The number of rotatable bonds is 6. The van der Waals surface area contributed by atoms with E-state index in [9.17, 15) is 4.79 Å². The Balaban J connectivity index is 2.73. The van der Waals surface area contributed by atoms with E-state index in [1.54, 1.807) is 0 Å². The molecule has 21 heavy (non-hydrogen) atoms. The van der Waals surface area contributed by atoms with E-state index in [1.807, 2.05) is 52.0 Å². The third-order valence-electron chi connectivity index (χ3n) is 3.47. The normalized spacial score (nSPS) is 12.9. The van der Waals surface area contributed by atoms with E-state index in [1.165, 1.54) is 0 Å². The molecule has 0 unspecified atom stereocenters. The van der Waals surface area contributed by atoms with Crippen molar-refractivity contribution in [1.82, 2.24) is 0 Å². The number of hydrogen-bond acceptors (Lipinski definition) is 4. The summed E-state index contributed by atoms with van der Waals surface area (Å²) < 4.78 is 0. The Labute approximate surface area is 127 Å². The molecule has 5 nitrogen and oxygen atoms in total. The molecule has 0 aromatic heterocycles. The fourth-order valence-corrected chi connectivity index (χ4v) is 1.96. The van der Waals surface area contributed by atoms with Crippen LogP contribution in [0.5, 0.6) is 0 Å². The lowest BCUT2D eigenvalue weighted by molar-refractivity contribution is -0.119. The summed E-state index contributed by atoms with van der Waals surface area (Å²) in [7, 11) is 0. The van der Waals surface area contributed by atoms with E-state index < -0.39 is 6.04 Å². The second-order valence-electron chi connectivity index (χ2n) is 6.18. The van der Waals surface area contributed by atoms with Crippen LogP contribution >= 0.6 is 0 Å². The zero-order valence-electron chi connectivity index (χ0n) is 13.4. The van der Waals surface area contributed by atoms with Gasteiger partial charge in [0, 0.05) is 24.5 Å². The molecule has 0 aliphatic carbocycles. The average Bonchev–Trinajstić information content (AvgIpc) is 2.44. The molecule has 1 atom stereocenters. The van der Waals surface area contributed by atoms with Crippen LogP contribution < -0.4 is 16.0 Å². The molecule has 0 aliphatic rings. The summed E-state index contributed by atoms with van der Waals surface area (Å²) in [5.41, 5.74) is 7.40. The number of nitrogens with one attached hydrogen (secondary N) is 1. The quantitative estimate of drug-likeness (QED) is 0.747. The van der Waals surface area contributed by atoms with Gasteiger partial charge in [-0.3, -0.25) is 4.79 Å². The van der Waals surface area contributed by atoms with Gasteiger partial charge in [0.15, 0.2) is 0 Å². The molecule has 0 spiro atoms. The topological polar surface area (TPSA) is 78.6 Å². The van der Waals surface area contributed by atoms with E-state index in [0.29, 0.717) is 6.54 Å². The number of anilines is 2. The first-order valence-corrected chi connectivity index (χ1v) is 7.32. The predicted molar refractivity (Wildman–Crippen MR) is 87.5 cm³/mol. The molecule has 0 heterocycles. The Kier molecular flexibility index (Phi) is 6.18. The molecule has 0 radical (unpaired) electrons. The van der Waals surface area contributed by atoms with Crippen molar-refractivity contribution in [2.45, 2.75) is 33.7 Å². The van der Waals surface area contributed by atoms with Crippen molar-refractivity contribution in [3.8, 4) is 0 Å². The van der Waals surface area contributed by atoms with Gasteiger partial charge in [-0.15, -0.1) is 0 Å². The Morgan fingerprint density at radius 1 is 1.33 bits per heavy atom. The highest BCUT2D eigenvalue weighted by atomic mass is 16.3. The van der Waals surface area contributed by atoms with Crippen molar-refractivity contribution in [3.63, 3.8) is 0 Å². The average molecular weight is 293 g/mol. The molecule has 0 bridgehead atoms. The van der Waals surface area contributed by atoms with Crippen LogP contribution in [0.15, 0.2) is 24.3 Å². The monoisotopic (exact) mass is 293 g/mol. The van der Waals surface area contributed by atoms with Gasteiger partial charge in [0.1, 0.15) is 0 Å². The van der Waals surface area contributed by atoms with Crippen LogP contribution in [0.25, 0.3) is 0 Å². The van der Waals surface area contributed by atoms with Crippen LogP contribution in [0, 0.1) is 5.41 Å². The molecule has 5 heteroatoms. The second kappa shape index (κ2) is 7.43. The lowest BCUT2D eigenvalue weighted by Gasteiger charge is -2.26. The maximum Gasteiger partial charge on any atom is 0.241 e. The molecule has 1 amide bonds. The van der Waals surface area contributed by atoms with Crippen LogP contribution in [0.2, 0.25) is 0 Å². The molecule has 118 valence electrons. The summed E-state index contributed by atoms with van der Waals surface area (Å²) in [6.45, 7) is 9.38. The first kappa shape index (κ1) is 17.5. The number of aliphatic hydroxyl groups excluding tert-OH is 1. The Hall–Kier alpha value is -1.59. The van der Waals surface area contributed by atoms with E-state index in [-0.39, 0.29) is 17.9 Å². The molecule has 0 aliphatic heterocycles. The summed E-state index contributed by atoms with van der Waals surface area (Å²) in [4.78, 5) is 14.1. The third-order valence-corrected chi connectivity index (χ3v) is 3.47. The molecule has 0 fully saturated rings. The summed E-state index contributed by atoms with van der Waals surface area (Å²) in [6.07, 6.45) is 0. The zero-order valence-corrected chi connectivity index (χ0v) is 13.4. The number of hydrogen-bond donors (Lipinski definition) is 3. The van der Waals surface area contributed by atoms with Crippen molar-refractivity contribution in [2.24, 2.45) is 11.1 Å². The van der Waals surface area contributed by atoms with Crippen LogP contribution in [0.3, 0.4) is 0 Å². The molecule has 1 rings (SSSR count). The van der Waals surface area contributed by atoms with E-state index in [2.05, 4.69) is 10.2 Å². The molecule has 1 aromatic rings. The number of carbonyl (C=O) groups is 1. The SMILES string of the molecule is CCN(CCO)c1ccc(NC(=O)[C@@H](N)C(C)(C)C)cc1. The lowest BCUT2D eigenvalue weighted by atomic mass is 9.87. The van der Waals surface area contributed by atoms with Crippen LogP contribution in [0.4, 0.5) is 11.4 Å². The summed E-state index contributed by atoms with van der Waals surface area (Å²) in [5, 5.41) is 11.9. The van der Waals surface area contributed by atoms with E-state index in [4.69, 9.17) is 10.8 Å². The van der Waals surface area contributed by atoms with Crippen LogP contribution in [-0.4, -0.2) is 36.8 Å². The smallest absolute Gasteiger partial charge is 0.241 e. The van der Waals surface area contributed by atoms with Gasteiger partial charge in [0.05, 0.1) is 12.6 Å². The fourth-order valence-electron chi connectivity index (χ4n) is 1.96. The van der Waals surface area contributed by atoms with Crippen molar-refractivity contribution in [2.75, 3.05) is 29.9 Å². The lowest BCUT2D eigenvalue weighted by Crippen LogP contribution is -2.45. The van der Waals surface area contributed by atoms with Crippen molar-refractivity contribution in [3.05, 3.63) is 24.3 Å². The summed E-state index contributed by atoms with van der Waals surface area (Å²) >= 11 is 0. The number of likely N-dealkylation sites (N-methyl/N-ethyl adjacent to an activating group) is 1. The first-order valence-electron chi connectivity index (χ1n) is 7.32. The number of aliphatic hydroxyl groups is 1. The van der Waals surface area contributed by atoms with Gasteiger partial charge in [0.25, 0.3) is 0 Å².